The van der Waals surface area contributed by atoms with Gasteiger partial charge in [0.15, 0.2) is 0 Å². The van der Waals surface area contributed by atoms with Crippen LogP contribution in [-0.4, -0.2) is 41.4 Å². The monoisotopic (exact) mass is 212 g/mol. The molecule has 1 aliphatic heterocycles. The molecule has 0 aromatic heterocycles. The smallest absolute Gasteiger partial charge is 0.313 e. The molecule has 15 heavy (non-hydrogen) atoms. The lowest BCUT2D eigenvalue weighted by atomic mass is 9.80. The third-order valence-electron chi connectivity index (χ3n) is 2.95. The molecule has 4 nitrogen and oxygen atoms in total. The molecule has 0 radical (unpaired) electrons. The summed E-state index contributed by atoms with van der Waals surface area (Å²) < 4.78 is 0. The zero-order valence-electron chi connectivity index (χ0n) is 10.4. The fourth-order valence-corrected chi connectivity index (χ4v) is 2.25. The third kappa shape index (κ3) is 1.85. The minimum absolute atomic E-state index is 0.0180. The van der Waals surface area contributed by atoms with Gasteiger partial charge in [-0.05, 0) is 18.8 Å². The number of nitrogens with zero attached hydrogens (tertiary/aromatic N) is 2. The Balaban J connectivity index is 3.03. The van der Waals surface area contributed by atoms with Gasteiger partial charge in [0, 0.05) is 14.1 Å². The molecule has 1 atom stereocenters. The molecule has 86 valence electrons. The standard InChI is InChI=1S/C11H20N2O2/c1-10(2,3)7-11(4)8(14)12(5)9(15)13(11)6/h7H2,1-6H3. The van der Waals surface area contributed by atoms with Gasteiger partial charge >= 0.3 is 6.03 Å². The van der Waals surface area contributed by atoms with Crippen LogP contribution < -0.4 is 0 Å². The molecule has 0 N–H and O–H groups in total. The summed E-state index contributed by atoms with van der Waals surface area (Å²) in [7, 11) is 3.23. The van der Waals surface area contributed by atoms with Crippen LogP contribution in [0.15, 0.2) is 0 Å². The summed E-state index contributed by atoms with van der Waals surface area (Å²) in [6.45, 7) is 8.05. The topological polar surface area (TPSA) is 40.6 Å². The second-order valence-corrected chi connectivity index (χ2v) is 5.72. The Labute approximate surface area is 91.2 Å². The van der Waals surface area contributed by atoms with E-state index in [4.69, 9.17) is 0 Å². The lowest BCUT2D eigenvalue weighted by Crippen LogP contribution is -2.47. The number of rotatable bonds is 1. The van der Waals surface area contributed by atoms with Crippen LogP contribution in [0.2, 0.25) is 0 Å². The van der Waals surface area contributed by atoms with Crippen LogP contribution in [0.4, 0.5) is 4.79 Å². The van der Waals surface area contributed by atoms with E-state index in [1.54, 1.807) is 11.9 Å². The first-order valence-corrected chi connectivity index (χ1v) is 5.15. The van der Waals surface area contributed by atoms with Crippen molar-refractivity contribution in [2.45, 2.75) is 39.7 Å². The quantitative estimate of drug-likeness (QED) is 0.621. The highest BCUT2D eigenvalue weighted by Crippen LogP contribution is 2.36. The van der Waals surface area contributed by atoms with E-state index in [0.29, 0.717) is 6.42 Å². The Morgan fingerprint density at radius 3 is 1.93 bits per heavy atom. The minimum atomic E-state index is -0.690. The van der Waals surface area contributed by atoms with Gasteiger partial charge in [-0.15, -0.1) is 0 Å². The molecule has 3 amide bonds. The van der Waals surface area contributed by atoms with Crippen molar-refractivity contribution >= 4 is 11.9 Å². The molecule has 0 aromatic rings. The van der Waals surface area contributed by atoms with Crippen LogP contribution >= 0.6 is 0 Å². The van der Waals surface area contributed by atoms with E-state index in [9.17, 15) is 9.59 Å². The van der Waals surface area contributed by atoms with Gasteiger partial charge in [0.1, 0.15) is 5.54 Å². The normalized spacial score (nSPS) is 27.9. The molecule has 0 aromatic carbocycles. The number of imide groups is 1. The van der Waals surface area contributed by atoms with E-state index in [1.807, 2.05) is 6.92 Å². The Bertz CT molecular complexity index is 306. The minimum Gasteiger partial charge on any atom is -0.313 e. The number of hydrogen-bond donors (Lipinski definition) is 0. The summed E-state index contributed by atoms with van der Waals surface area (Å²) in [6.07, 6.45) is 0.672. The van der Waals surface area contributed by atoms with Crippen molar-refractivity contribution in [2.75, 3.05) is 14.1 Å². The van der Waals surface area contributed by atoms with E-state index in [2.05, 4.69) is 20.8 Å². The summed E-state index contributed by atoms with van der Waals surface area (Å²) in [4.78, 5) is 26.4. The van der Waals surface area contributed by atoms with Crippen molar-refractivity contribution in [3.05, 3.63) is 0 Å². The molecule has 1 fully saturated rings. The molecule has 1 heterocycles. The Kier molecular flexibility index (Phi) is 2.58. The van der Waals surface area contributed by atoms with Crippen LogP contribution in [0.5, 0.6) is 0 Å². The van der Waals surface area contributed by atoms with Gasteiger partial charge in [-0.3, -0.25) is 9.69 Å². The molecular formula is C11H20N2O2. The molecule has 1 aliphatic rings. The highest BCUT2D eigenvalue weighted by molar-refractivity contribution is 6.06. The maximum absolute atomic E-state index is 12.0. The van der Waals surface area contributed by atoms with Crippen LogP contribution in [-0.2, 0) is 4.79 Å². The number of amides is 3. The lowest BCUT2D eigenvalue weighted by molar-refractivity contribution is -0.132. The molecule has 1 unspecified atom stereocenters. The number of urea groups is 1. The second-order valence-electron chi connectivity index (χ2n) is 5.72. The van der Waals surface area contributed by atoms with Crippen LogP contribution in [0, 0.1) is 5.41 Å². The van der Waals surface area contributed by atoms with Gasteiger partial charge in [0.25, 0.3) is 5.91 Å². The number of carbonyl (C=O) groups excluding carboxylic acids is 2. The summed E-state index contributed by atoms with van der Waals surface area (Å²) in [5.74, 6) is -0.107. The zero-order valence-corrected chi connectivity index (χ0v) is 10.4. The highest BCUT2D eigenvalue weighted by Gasteiger charge is 2.52. The molecule has 1 saturated heterocycles. The van der Waals surface area contributed by atoms with E-state index in [0.717, 1.165) is 0 Å². The average molecular weight is 212 g/mol. The van der Waals surface area contributed by atoms with Gasteiger partial charge in [0.05, 0.1) is 0 Å². The van der Waals surface area contributed by atoms with E-state index in [-0.39, 0.29) is 17.4 Å². The molecule has 4 heteroatoms. The van der Waals surface area contributed by atoms with Crippen LogP contribution in [0.1, 0.15) is 34.1 Å². The van der Waals surface area contributed by atoms with Gasteiger partial charge in [-0.1, -0.05) is 20.8 Å². The van der Waals surface area contributed by atoms with Crippen LogP contribution in [0.25, 0.3) is 0 Å². The third-order valence-corrected chi connectivity index (χ3v) is 2.95. The molecular weight excluding hydrogens is 192 g/mol. The summed E-state index contributed by atoms with van der Waals surface area (Å²) in [5.41, 5.74) is -0.672. The SMILES string of the molecule is CN1C(=O)N(C)C(C)(CC(C)(C)C)C1=O. The average Bonchev–Trinajstić information content (AvgIpc) is 2.19. The van der Waals surface area contributed by atoms with E-state index < -0.39 is 5.54 Å². The number of carbonyl (C=O) groups is 2. The largest absolute Gasteiger partial charge is 0.327 e. The van der Waals surface area contributed by atoms with Crippen molar-refractivity contribution in [2.24, 2.45) is 5.41 Å². The van der Waals surface area contributed by atoms with Gasteiger partial charge in [-0.2, -0.15) is 0 Å². The Hall–Kier alpha value is -1.06. The fraction of sp³-hybridized carbons (Fsp3) is 0.818. The van der Waals surface area contributed by atoms with Crippen molar-refractivity contribution < 1.29 is 9.59 Å². The number of hydrogen-bond acceptors (Lipinski definition) is 2. The van der Waals surface area contributed by atoms with Crippen molar-refractivity contribution in [3.8, 4) is 0 Å². The summed E-state index contributed by atoms with van der Waals surface area (Å²) in [5, 5.41) is 0. The predicted octanol–water partition coefficient (Wildman–Crippen LogP) is 1.71. The lowest BCUT2D eigenvalue weighted by Gasteiger charge is -2.34. The van der Waals surface area contributed by atoms with E-state index >= 15 is 0 Å². The maximum atomic E-state index is 12.0. The fourth-order valence-electron chi connectivity index (χ4n) is 2.25. The first-order valence-electron chi connectivity index (χ1n) is 5.15. The van der Waals surface area contributed by atoms with Crippen molar-refractivity contribution in [3.63, 3.8) is 0 Å². The molecule has 0 spiro atoms. The van der Waals surface area contributed by atoms with Crippen molar-refractivity contribution in [1.29, 1.82) is 0 Å². The Morgan fingerprint density at radius 1 is 1.20 bits per heavy atom. The highest BCUT2D eigenvalue weighted by atomic mass is 16.2. The molecule has 1 rings (SSSR count). The summed E-state index contributed by atoms with van der Waals surface area (Å²) >= 11 is 0. The van der Waals surface area contributed by atoms with E-state index in [1.165, 1.54) is 11.9 Å². The number of likely N-dealkylation sites (N-methyl/N-ethyl adjacent to an activating group) is 2. The zero-order chi connectivity index (χ0) is 12.0. The van der Waals surface area contributed by atoms with Gasteiger partial charge in [-0.25, -0.2) is 4.79 Å². The molecule has 0 bridgehead atoms. The Morgan fingerprint density at radius 2 is 1.67 bits per heavy atom. The second kappa shape index (κ2) is 3.22. The van der Waals surface area contributed by atoms with Gasteiger partial charge < -0.3 is 4.90 Å². The maximum Gasteiger partial charge on any atom is 0.327 e. The molecule has 0 aliphatic carbocycles. The predicted molar refractivity (Wildman–Crippen MR) is 58.4 cm³/mol. The first-order chi connectivity index (χ1) is 6.59. The first kappa shape index (κ1) is 12.0. The molecule has 0 saturated carbocycles. The van der Waals surface area contributed by atoms with Gasteiger partial charge in [0.2, 0.25) is 0 Å². The summed E-state index contributed by atoms with van der Waals surface area (Å²) in [6, 6.07) is -0.216. The van der Waals surface area contributed by atoms with Crippen LogP contribution in [0.3, 0.4) is 0 Å². The van der Waals surface area contributed by atoms with Crippen molar-refractivity contribution in [1.82, 2.24) is 9.80 Å².